The number of amides is 1. The van der Waals surface area contributed by atoms with Gasteiger partial charge in [-0.05, 0) is 50.5 Å². The van der Waals surface area contributed by atoms with Gasteiger partial charge >= 0.3 is 0 Å². The zero-order valence-corrected chi connectivity index (χ0v) is 16.5. The topological polar surface area (TPSA) is 36.0 Å². The number of hydrogen-bond acceptors (Lipinski definition) is 4. The molecule has 1 aromatic carbocycles. The van der Waals surface area contributed by atoms with Crippen LogP contribution in [0.3, 0.4) is 0 Å². The second-order valence-electron chi connectivity index (χ2n) is 7.35. The average Bonchev–Trinajstić information content (AvgIpc) is 2.65. The van der Waals surface area contributed by atoms with E-state index in [4.69, 9.17) is 16.3 Å². The molecule has 1 atom stereocenters. The van der Waals surface area contributed by atoms with E-state index in [1.165, 1.54) is 6.42 Å². The van der Waals surface area contributed by atoms with Crippen molar-refractivity contribution < 1.29 is 9.53 Å². The number of benzene rings is 1. The summed E-state index contributed by atoms with van der Waals surface area (Å²) in [5, 5.41) is 0.724. The third-order valence-electron chi connectivity index (χ3n) is 5.44. The van der Waals surface area contributed by atoms with Gasteiger partial charge in [-0.1, -0.05) is 11.6 Å². The van der Waals surface area contributed by atoms with Crippen molar-refractivity contribution in [3.63, 3.8) is 0 Å². The Bertz CT molecular complexity index is 573. The van der Waals surface area contributed by atoms with Gasteiger partial charge in [0.1, 0.15) is 12.4 Å². The normalized spacial score (nSPS) is 22.4. The van der Waals surface area contributed by atoms with Crippen LogP contribution in [0, 0.1) is 0 Å². The Morgan fingerprint density at radius 3 is 2.46 bits per heavy atom. The Labute approximate surface area is 161 Å². The zero-order valence-electron chi connectivity index (χ0n) is 15.7. The molecule has 0 N–H and O–H groups in total. The summed E-state index contributed by atoms with van der Waals surface area (Å²) < 4.78 is 5.77. The van der Waals surface area contributed by atoms with Crippen LogP contribution in [0.5, 0.6) is 5.75 Å². The monoisotopic (exact) mass is 379 g/mol. The molecular weight excluding hydrogens is 350 g/mol. The second kappa shape index (κ2) is 9.58. The summed E-state index contributed by atoms with van der Waals surface area (Å²) in [5.41, 5.74) is 0. The first-order valence-electron chi connectivity index (χ1n) is 9.74. The van der Waals surface area contributed by atoms with Gasteiger partial charge in [0.2, 0.25) is 5.91 Å². The van der Waals surface area contributed by atoms with Crippen LogP contribution in [0.4, 0.5) is 0 Å². The number of piperidine rings is 1. The van der Waals surface area contributed by atoms with E-state index in [0.717, 1.165) is 62.9 Å². The minimum absolute atomic E-state index is 0.303. The lowest BCUT2D eigenvalue weighted by Gasteiger charge is -2.38. The molecule has 3 rings (SSSR count). The van der Waals surface area contributed by atoms with E-state index >= 15 is 0 Å². The van der Waals surface area contributed by atoms with Crippen molar-refractivity contribution in [2.24, 2.45) is 0 Å². The van der Waals surface area contributed by atoms with Crippen molar-refractivity contribution in [3.05, 3.63) is 29.3 Å². The maximum atomic E-state index is 12.6. The fourth-order valence-electron chi connectivity index (χ4n) is 3.75. The maximum Gasteiger partial charge on any atom is 0.236 e. The van der Waals surface area contributed by atoms with Gasteiger partial charge in [-0.15, -0.1) is 0 Å². The Kier molecular flexibility index (Phi) is 7.17. The van der Waals surface area contributed by atoms with Gasteiger partial charge in [-0.25, -0.2) is 0 Å². The number of hydrogen-bond donors (Lipinski definition) is 0. The molecule has 0 unspecified atom stereocenters. The fraction of sp³-hybridized carbons (Fsp3) is 0.650. The molecule has 0 bridgehead atoms. The summed E-state index contributed by atoms with van der Waals surface area (Å²) in [5.74, 6) is 1.16. The third kappa shape index (κ3) is 5.60. The summed E-state index contributed by atoms with van der Waals surface area (Å²) in [4.78, 5) is 19.3. The Morgan fingerprint density at radius 1 is 1.08 bits per heavy atom. The summed E-state index contributed by atoms with van der Waals surface area (Å²) >= 11 is 5.88. The summed E-state index contributed by atoms with van der Waals surface area (Å²) in [6.45, 7) is 9.15. The second-order valence-corrected chi connectivity index (χ2v) is 7.79. The molecule has 2 heterocycles. The summed E-state index contributed by atoms with van der Waals surface area (Å²) in [6, 6.07) is 7.88. The molecule has 6 heteroatoms. The van der Waals surface area contributed by atoms with Crippen molar-refractivity contribution in [1.82, 2.24) is 14.7 Å². The number of nitrogens with zero attached hydrogens (tertiary/aromatic N) is 3. The molecule has 1 amide bonds. The highest BCUT2D eigenvalue weighted by molar-refractivity contribution is 6.30. The van der Waals surface area contributed by atoms with E-state index in [2.05, 4.69) is 21.6 Å². The molecule has 0 spiro atoms. The summed E-state index contributed by atoms with van der Waals surface area (Å²) in [6.07, 6.45) is 3.55. The van der Waals surface area contributed by atoms with E-state index in [1.807, 2.05) is 24.3 Å². The van der Waals surface area contributed by atoms with Crippen molar-refractivity contribution in [1.29, 1.82) is 0 Å². The van der Waals surface area contributed by atoms with Gasteiger partial charge in [-0.2, -0.15) is 0 Å². The number of carbonyl (C=O) groups is 1. The van der Waals surface area contributed by atoms with Gasteiger partial charge in [0.05, 0.1) is 6.54 Å². The van der Waals surface area contributed by atoms with E-state index in [0.29, 0.717) is 25.1 Å². The molecule has 0 aromatic heterocycles. The number of ether oxygens (including phenoxy) is 1. The Balaban J connectivity index is 1.33. The molecule has 0 radical (unpaired) electrons. The minimum atomic E-state index is 0.303. The lowest BCUT2D eigenvalue weighted by Crippen LogP contribution is -2.52. The predicted molar refractivity (Wildman–Crippen MR) is 105 cm³/mol. The van der Waals surface area contributed by atoms with Crippen molar-refractivity contribution >= 4 is 17.5 Å². The van der Waals surface area contributed by atoms with E-state index in [-0.39, 0.29) is 0 Å². The highest BCUT2D eigenvalue weighted by atomic mass is 35.5. The van der Waals surface area contributed by atoms with Gasteiger partial charge in [0, 0.05) is 50.3 Å². The molecule has 1 aromatic rings. The van der Waals surface area contributed by atoms with Crippen LogP contribution in [-0.2, 0) is 4.79 Å². The quantitative estimate of drug-likeness (QED) is 0.761. The lowest BCUT2D eigenvalue weighted by atomic mass is 10.0. The maximum absolute atomic E-state index is 12.6. The van der Waals surface area contributed by atoms with Gasteiger partial charge < -0.3 is 9.64 Å². The fourth-order valence-corrected chi connectivity index (χ4v) is 3.87. The molecule has 2 aliphatic heterocycles. The van der Waals surface area contributed by atoms with Crippen LogP contribution in [0.15, 0.2) is 24.3 Å². The largest absolute Gasteiger partial charge is 0.492 e. The zero-order chi connectivity index (χ0) is 18.4. The Morgan fingerprint density at radius 2 is 1.77 bits per heavy atom. The van der Waals surface area contributed by atoms with Gasteiger partial charge in [0.25, 0.3) is 0 Å². The molecule has 2 fully saturated rings. The number of rotatable bonds is 6. The minimum Gasteiger partial charge on any atom is -0.492 e. The van der Waals surface area contributed by atoms with Crippen LogP contribution in [0.2, 0.25) is 5.02 Å². The molecule has 0 saturated carbocycles. The molecule has 2 aliphatic rings. The van der Waals surface area contributed by atoms with Crippen LogP contribution >= 0.6 is 11.6 Å². The molecule has 2 saturated heterocycles. The number of likely N-dealkylation sites (tertiary alicyclic amines) is 1. The lowest BCUT2D eigenvalue weighted by molar-refractivity contribution is -0.136. The van der Waals surface area contributed by atoms with Crippen LogP contribution < -0.4 is 4.74 Å². The molecule has 26 heavy (non-hydrogen) atoms. The third-order valence-corrected chi connectivity index (χ3v) is 5.69. The van der Waals surface area contributed by atoms with E-state index in [9.17, 15) is 4.79 Å². The van der Waals surface area contributed by atoms with Crippen LogP contribution in [0.25, 0.3) is 0 Å². The number of piperazine rings is 1. The van der Waals surface area contributed by atoms with E-state index in [1.54, 1.807) is 0 Å². The van der Waals surface area contributed by atoms with Crippen molar-refractivity contribution in [3.8, 4) is 5.75 Å². The molecule has 144 valence electrons. The van der Waals surface area contributed by atoms with Crippen LogP contribution in [-0.4, -0.2) is 79.1 Å². The smallest absolute Gasteiger partial charge is 0.236 e. The average molecular weight is 380 g/mol. The first-order valence-corrected chi connectivity index (χ1v) is 10.1. The highest BCUT2D eigenvalue weighted by Crippen LogP contribution is 2.17. The highest BCUT2D eigenvalue weighted by Gasteiger charge is 2.26. The standard InChI is InChI=1S/C20H30ClN3O2/c1-17-4-2-3-9-24(17)20(25)16-23-12-10-22(11-13-23)14-15-26-19-7-5-18(21)6-8-19/h5-8,17H,2-4,9-16H2,1H3/t17-/m0/s1. The Hall–Kier alpha value is -1.30. The van der Waals surface area contributed by atoms with Gasteiger partial charge in [-0.3, -0.25) is 14.6 Å². The first-order chi connectivity index (χ1) is 12.6. The van der Waals surface area contributed by atoms with Gasteiger partial charge in [0.15, 0.2) is 0 Å². The van der Waals surface area contributed by atoms with Crippen molar-refractivity contribution in [2.45, 2.75) is 32.2 Å². The predicted octanol–water partition coefficient (Wildman–Crippen LogP) is 2.74. The van der Waals surface area contributed by atoms with E-state index < -0.39 is 0 Å². The van der Waals surface area contributed by atoms with Crippen molar-refractivity contribution in [2.75, 3.05) is 52.4 Å². The SMILES string of the molecule is C[C@H]1CCCCN1C(=O)CN1CCN(CCOc2ccc(Cl)cc2)CC1. The number of carbonyl (C=O) groups excluding carboxylic acids is 1. The number of halogens is 1. The molecule has 0 aliphatic carbocycles. The summed E-state index contributed by atoms with van der Waals surface area (Å²) in [7, 11) is 0. The first kappa shape index (κ1) is 19.5. The molecular formula is C20H30ClN3O2. The molecule has 5 nitrogen and oxygen atoms in total. The van der Waals surface area contributed by atoms with Crippen LogP contribution in [0.1, 0.15) is 26.2 Å².